The van der Waals surface area contributed by atoms with Gasteiger partial charge in [-0.3, -0.25) is 0 Å². The highest BCUT2D eigenvalue weighted by atomic mass is 32.2. The van der Waals surface area contributed by atoms with Crippen molar-refractivity contribution in [3.05, 3.63) is 48.3 Å². The van der Waals surface area contributed by atoms with Gasteiger partial charge in [-0.2, -0.15) is 16.9 Å². The summed E-state index contributed by atoms with van der Waals surface area (Å²) in [6, 6.07) is 9.07. The fourth-order valence-electron chi connectivity index (χ4n) is 1.50. The maximum atomic E-state index is 11.8. The van der Waals surface area contributed by atoms with Crippen LogP contribution in [-0.2, 0) is 4.74 Å². The summed E-state index contributed by atoms with van der Waals surface area (Å²) < 4.78 is 6.86. The predicted octanol–water partition coefficient (Wildman–Crippen LogP) is 2.39. The first-order valence-corrected chi connectivity index (χ1v) is 6.97. The zero-order chi connectivity index (χ0) is 12.8. The number of nitrogens with zero attached hydrogens (tertiary/aromatic N) is 2. The van der Waals surface area contributed by atoms with Crippen LogP contribution in [0.4, 0.5) is 0 Å². The van der Waals surface area contributed by atoms with Crippen molar-refractivity contribution < 1.29 is 9.53 Å². The van der Waals surface area contributed by atoms with E-state index in [1.54, 1.807) is 34.8 Å². The number of carbonyl (C=O) groups excluding carboxylic acids is 1. The van der Waals surface area contributed by atoms with Crippen molar-refractivity contribution in [2.24, 2.45) is 0 Å². The second-order valence-electron chi connectivity index (χ2n) is 3.63. The zero-order valence-corrected chi connectivity index (χ0v) is 10.9. The van der Waals surface area contributed by atoms with Gasteiger partial charge in [0.2, 0.25) is 0 Å². The molecule has 0 N–H and O–H groups in total. The summed E-state index contributed by atoms with van der Waals surface area (Å²) >= 11 is 1.65. The van der Waals surface area contributed by atoms with Crippen LogP contribution in [0.15, 0.2) is 42.7 Å². The number of ether oxygens (including phenoxy) is 1. The van der Waals surface area contributed by atoms with Crippen molar-refractivity contribution in [3.63, 3.8) is 0 Å². The molecule has 0 aliphatic rings. The van der Waals surface area contributed by atoms with Crippen molar-refractivity contribution in [1.82, 2.24) is 9.78 Å². The molecule has 1 aromatic heterocycles. The number of esters is 1. The molecule has 0 aliphatic heterocycles. The number of aromatic nitrogens is 2. The van der Waals surface area contributed by atoms with E-state index in [0.717, 1.165) is 11.4 Å². The third kappa shape index (κ3) is 3.13. The maximum Gasteiger partial charge on any atom is 0.338 e. The Hall–Kier alpha value is -1.75. The van der Waals surface area contributed by atoms with E-state index < -0.39 is 0 Å². The highest BCUT2D eigenvalue weighted by Gasteiger charge is 2.08. The van der Waals surface area contributed by atoms with Gasteiger partial charge in [0, 0.05) is 18.1 Å². The molecule has 5 heteroatoms. The Labute approximate surface area is 110 Å². The molecule has 0 saturated carbocycles. The van der Waals surface area contributed by atoms with Gasteiger partial charge in [-0.1, -0.05) is 6.07 Å². The molecule has 0 fully saturated rings. The second-order valence-corrected chi connectivity index (χ2v) is 4.62. The Bertz CT molecular complexity index is 511. The average molecular weight is 262 g/mol. The maximum absolute atomic E-state index is 11.8. The van der Waals surface area contributed by atoms with Crippen molar-refractivity contribution in [2.45, 2.75) is 0 Å². The van der Waals surface area contributed by atoms with Gasteiger partial charge in [0.25, 0.3) is 0 Å². The first-order chi connectivity index (χ1) is 8.81. The molecule has 0 aliphatic carbocycles. The normalized spacial score (nSPS) is 10.3. The Kier molecular flexibility index (Phi) is 4.41. The van der Waals surface area contributed by atoms with Crippen LogP contribution >= 0.6 is 11.8 Å². The summed E-state index contributed by atoms with van der Waals surface area (Å²) in [5.41, 5.74) is 1.39. The molecule has 2 aromatic rings. The molecular weight excluding hydrogens is 248 g/mol. The van der Waals surface area contributed by atoms with Crippen molar-refractivity contribution in [2.75, 3.05) is 18.6 Å². The lowest BCUT2D eigenvalue weighted by Crippen LogP contribution is -2.08. The van der Waals surface area contributed by atoms with Crippen molar-refractivity contribution in [3.8, 4) is 5.69 Å². The summed E-state index contributed by atoms with van der Waals surface area (Å²) in [4.78, 5) is 11.8. The van der Waals surface area contributed by atoms with Gasteiger partial charge in [-0.05, 0) is 30.5 Å². The molecule has 4 nitrogen and oxygen atoms in total. The topological polar surface area (TPSA) is 44.1 Å². The van der Waals surface area contributed by atoms with Gasteiger partial charge in [0.1, 0.15) is 6.61 Å². The Balaban J connectivity index is 2.10. The zero-order valence-electron chi connectivity index (χ0n) is 10.1. The summed E-state index contributed by atoms with van der Waals surface area (Å²) in [6.07, 6.45) is 5.51. The molecule has 94 valence electrons. The fraction of sp³-hybridized carbons (Fsp3) is 0.231. The molecule has 18 heavy (non-hydrogen) atoms. The van der Waals surface area contributed by atoms with Gasteiger partial charge in [0.05, 0.1) is 11.3 Å². The van der Waals surface area contributed by atoms with E-state index in [4.69, 9.17) is 4.74 Å². The first kappa shape index (κ1) is 12.7. The summed E-state index contributed by atoms with van der Waals surface area (Å²) in [6.45, 7) is 0.437. The molecule has 0 radical (unpaired) electrons. The molecule has 0 spiro atoms. The van der Waals surface area contributed by atoms with Crippen LogP contribution < -0.4 is 0 Å². The van der Waals surface area contributed by atoms with Crippen LogP contribution in [0.5, 0.6) is 0 Å². The van der Waals surface area contributed by atoms with Gasteiger partial charge in [-0.15, -0.1) is 0 Å². The molecule has 0 bridgehead atoms. The molecule has 2 rings (SSSR count). The van der Waals surface area contributed by atoms with Gasteiger partial charge in [0.15, 0.2) is 0 Å². The minimum absolute atomic E-state index is 0.293. The van der Waals surface area contributed by atoms with Crippen molar-refractivity contribution in [1.29, 1.82) is 0 Å². The SMILES string of the molecule is CSCCOC(=O)c1cccc(-n2cccn2)c1. The molecule has 0 amide bonds. The van der Waals surface area contributed by atoms with E-state index in [2.05, 4.69) is 5.10 Å². The van der Waals surface area contributed by atoms with Gasteiger partial charge < -0.3 is 4.74 Å². The average Bonchev–Trinajstić information content (AvgIpc) is 2.93. The highest BCUT2D eigenvalue weighted by Crippen LogP contribution is 2.10. The Morgan fingerprint density at radius 2 is 2.33 bits per heavy atom. The molecule has 1 heterocycles. The minimum Gasteiger partial charge on any atom is -0.461 e. The smallest absolute Gasteiger partial charge is 0.338 e. The number of carbonyl (C=O) groups is 1. The lowest BCUT2D eigenvalue weighted by Gasteiger charge is -2.06. The van der Waals surface area contributed by atoms with Gasteiger partial charge in [-0.25, -0.2) is 9.48 Å². The fourth-order valence-corrected chi connectivity index (χ4v) is 1.75. The molecule has 0 atom stereocenters. The van der Waals surface area contributed by atoms with E-state index in [1.165, 1.54) is 0 Å². The van der Waals surface area contributed by atoms with E-state index in [0.29, 0.717) is 12.2 Å². The highest BCUT2D eigenvalue weighted by molar-refractivity contribution is 7.98. The van der Waals surface area contributed by atoms with Crippen LogP contribution in [-0.4, -0.2) is 34.4 Å². The van der Waals surface area contributed by atoms with Gasteiger partial charge >= 0.3 is 5.97 Å². The van der Waals surface area contributed by atoms with E-state index >= 15 is 0 Å². The number of thioether (sulfide) groups is 1. The Morgan fingerprint density at radius 3 is 3.06 bits per heavy atom. The number of hydrogen-bond donors (Lipinski definition) is 0. The summed E-state index contributed by atoms with van der Waals surface area (Å²) in [5.74, 6) is 0.517. The summed E-state index contributed by atoms with van der Waals surface area (Å²) in [5, 5.41) is 4.12. The van der Waals surface area contributed by atoms with E-state index in [1.807, 2.05) is 30.7 Å². The number of benzene rings is 1. The van der Waals surface area contributed by atoms with Crippen LogP contribution in [0.1, 0.15) is 10.4 Å². The molecular formula is C13H14N2O2S. The molecule has 0 saturated heterocycles. The Morgan fingerprint density at radius 1 is 1.44 bits per heavy atom. The first-order valence-electron chi connectivity index (χ1n) is 5.57. The molecule has 1 aromatic carbocycles. The number of rotatable bonds is 5. The largest absolute Gasteiger partial charge is 0.461 e. The van der Waals surface area contributed by atoms with Crippen LogP contribution in [0.3, 0.4) is 0 Å². The lowest BCUT2D eigenvalue weighted by molar-refractivity contribution is 0.0530. The third-order valence-electron chi connectivity index (χ3n) is 2.37. The predicted molar refractivity (Wildman–Crippen MR) is 72.2 cm³/mol. The summed E-state index contributed by atoms with van der Waals surface area (Å²) in [7, 11) is 0. The lowest BCUT2D eigenvalue weighted by atomic mass is 10.2. The van der Waals surface area contributed by atoms with E-state index in [-0.39, 0.29) is 5.97 Å². The van der Waals surface area contributed by atoms with Crippen molar-refractivity contribution >= 4 is 17.7 Å². The van der Waals surface area contributed by atoms with Crippen LogP contribution in [0, 0.1) is 0 Å². The number of hydrogen-bond acceptors (Lipinski definition) is 4. The monoisotopic (exact) mass is 262 g/mol. The standard InChI is InChI=1S/C13H14N2O2S/c1-18-9-8-17-13(16)11-4-2-5-12(10-11)15-7-3-6-14-15/h2-7,10H,8-9H2,1H3. The molecule has 0 unspecified atom stereocenters. The third-order valence-corrected chi connectivity index (χ3v) is 2.95. The minimum atomic E-state index is -0.293. The van der Waals surface area contributed by atoms with E-state index in [9.17, 15) is 4.79 Å². The quantitative estimate of drug-likeness (QED) is 0.613. The van der Waals surface area contributed by atoms with Crippen LogP contribution in [0.2, 0.25) is 0 Å². The van der Waals surface area contributed by atoms with Crippen LogP contribution in [0.25, 0.3) is 5.69 Å². The second kappa shape index (κ2) is 6.26.